The minimum Gasteiger partial charge on any atom is -0.365 e. The van der Waals surface area contributed by atoms with E-state index in [-0.39, 0.29) is 11.7 Å². The fourth-order valence-corrected chi connectivity index (χ4v) is 5.89. The van der Waals surface area contributed by atoms with Crippen LogP contribution in [0.1, 0.15) is 36.0 Å². The van der Waals surface area contributed by atoms with E-state index >= 15 is 0 Å². The molecule has 4 heterocycles. The summed E-state index contributed by atoms with van der Waals surface area (Å²) in [4.78, 5) is 38.0. The first-order chi connectivity index (χ1) is 17.0. The van der Waals surface area contributed by atoms with E-state index in [4.69, 9.17) is 10.7 Å². The van der Waals surface area contributed by atoms with Crippen molar-refractivity contribution in [1.29, 1.82) is 0 Å². The molecule has 4 aromatic rings. The number of carbonyl (C=O) groups excluding carboxylic acids is 2. The molecule has 3 N–H and O–H groups in total. The Morgan fingerprint density at radius 3 is 2.57 bits per heavy atom. The maximum Gasteiger partial charge on any atom is 0.252 e. The number of anilines is 2. The highest BCUT2D eigenvalue weighted by Crippen LogP contribution is 2.44. The van der Waals surface area contributed by atoms with Crippen LogP contribution < -0.4 is 15.5 Å². The number of fused-ring (bicyclic) bond motifs is 3. The zero-order valence-electron chi connectivity index (χ0n) is 19.3. The number of hydrogen-bond acceptors (Lipinski definition) is 4. The third-order valence-electron chi connectivity index (χ3n) is 7.53. The van der Waals surface area contributed by atoms with E-state index in [2.05, 4.69) is 9.88 Å². The van der Waals surface area contributed by atoms with Crippen molar-refractivity contribution < 1.29 is 14.0 Å². The summed E-state index contributed by atoms with van der Waals surface area (Å²) >= 11 is 0. The van der Waals surface area contributed by atoms with E-state index in [0.29, 0.717) is 24.2 Å². The van der Waals surface area contributed by atoms with Crippen molar-refractivity contribution in [2.45, 2.75) is 25.7 Å². The Morgan fingerprint density at radius 1 is 1.06 bits per heavy atom. The van der Waals surface area contributed by atoms with Gasteiger partial charge in [-0.05, 0) is 56.0 Å². The van der Waals surface area contributed by atoms with Gasteiger partial charge in [0.2, 0.25) is 5.91 Å². The number of aromatic nitrogens is 2. The second kappa shape index (κ2) is 8.08. The van der Waals surface area contributed by atoms with Crippen molar-refractivity contribution in [1.82, 2.24) is 9.97 Å². The number of nitrogens with two attached hydrogens (primary N) is 1. The van der Waals surface area contributed by atoms with Crippen molar-refractivity contribution in [2.24, 2.45) is 11.1 Å². The zero-order chi connectivity index (χ0) is 24.2. The molecule has 1 unspecified atom stereocenters. The molecule has 0 radical (unpaired) electrons. The van der Waals surface area contributed by atoms with Crippen LogP contribution in [0.4, 0.5) is 15.9 Å². The number of nitrogens with one attached hydrogen (secondary N) is 1. The first-order valence-electron chi connectivity index (χ1n) is 12.0. The number of benzene rings is 2. The maximum absolute atomic E-state index is 13.9. The Kier molecular flexibility index (Phi) is 4.98. The van der Waals surface area contributed by atoms with Crippen molar-refractivity contribution >= 4 is 45.1 Å². The fraction of sp³-hybridized carbons (Fsp3) is 0.296. The van der Waals surface area contributed by atoms with Gasteiger partial charge in [0.05, 0.1) is 21.9 Å². The summed E-state index contributed by atoms with van der Waals surface area (Å²) in [7, 11) is 0. The number of aromatic amines is 1. The average molecular weight is 472 g/mol. The minimum atomic E-state index is -0.534. The molecule has 35 heavy (non-hydrogen) atoms. The smallest absolute Gasteiger partial charge is 0.252 e. The lowest BCUT2D eigenvalue weighted by molar-refractivity contribution is -0.131. The molecular formula is C27H26FN5O2. The third kappa shape index (κ3) is 3.43. The topological polar surface area (TPSA) is 95.3 Å². The molecule has 2 saturated heterocycles. The number of amides is 2. The molecule has 2 fully saturated rings. The first kappa shape index (κ1) is 21.6. The van der Waals surface area contributed by atoms with Crippen molar-refractivity contribution in [3.63, 3.8) is 0 Å². The Balaban J connectivity index is 1.41. The maximum atomic E-state index is 13.9. The number of piperidine rings is 2. The van der Waals surface area contributed by atoms with Crippen LogP contribution in [0.2, 0.25) is 0 Å². The van der Waals surface area contributed by atoms with E-state index in [9.17, 15) is 14.0 Å². The van der Waals surface area contributed by atoms with Gasteiger partial charge in [-0.2, -0.15) is 0 Å². The third-order valence-corrected chi connectivity index (χ3v) is 7.53. The highest BCUT2D eigenvalue weighted by molar-refractivity contribution is 6.18. The molecule has 8 heteroatoms. The molecule has 0 aliphatic carbocycles. The summed E-state index contributed by atoms with van der Waals surface area (Å²) < 4.78 is 13.5. The molecule has 0 saturated carbocycles. The molecule has 1 spiro atoms. The normalized spacial score (nSPS) is 20.8. The van der Waals surface area contributed by atoms with E-state index in [0.717, 1.165) is 60.0 Å². The van der Waals surface area contributed by atoms with Crippen LogP contribution in [0.3, 0.4) is 0 Å². The van der Waals surface area contributed by atoms with Gasteiger partial charge in [0.25, 0.3) is 5.91 Å². The molecule has 2 aromatic heterocycles. The second-order valence-corrected chi connectivity index (χ2v) is 9.62. The largest absolute Gasteiger partial charge is 0.365 e. The quantitative estimate of drug-likeness (QED) is 0.464. The van der Waals surface area contributed by atoms with Gasteiger partial charge in [0.1, 0.15) is 11.6 Å². The number of nitrogens with zero attached hydrogens (tertiary/aromatic N) is 3. The van der Waals surface area contributed by atoms with Crippen LogP contribution in [0.15, 0.2) is 54.7 Å². The summed E-state index contributed by atoms with van der Waals surface area (Å²) in [6.45, 7) is 1.94. The highest BCUT2D eigenvalue weighted by atomic mass is 19.1. The van der Waals surface area contributed by atoms with Crippen LogP contribution in [0.5, 0.6) is 0 Å². The molecule has 1 atom stereocenters. The van der Waals surface area contributed by atoms with Crippen LogP contribution in [-0.2, 0) is 4.79 Å². The van der Waals surface area contributed by atoms with Gasteiger partial charge < -0.3 is 20.5 Å². The number of H-pyrrole nitrogens is 1. The summed E-state index contributed by atoms with van der Waals surface area (Å²) in [6.07, 6.45) is 4.87. The standard InChI is InChI=1S/C27H26FN5O2/c28-17-7-9-18(10-8-17)33-14-4-12-27(26(33)35)11-3-13-32(16-27)25-22-19-5-1-2-6-21(19)31-23(22)20(15-30-25)24(29)34/h1-2,5-10,15,31H,3-4,11-14,16H2,(H2,29,34). The van der Waals surface area contributed by atoms with Gasteiger partial charge in [0, 0.05) is 42.4 Å². The summed E-state index contributed by atoms with van der Waals surface area (Å²) in [5.74, 6) is -0.00433. The Hall–Kier alpha value is -3.94. The number of rotatable bonds is 3. The van der Waals surface area contributed by atoms with Crippen molar-refractivity contribution in [3.8, 4) is 0 Å². The van der Waals surface area contributed by atoms with Gasteiger partial charge in [-0.1, -0.05) is 18.2 Å². The lowest BCUT2D eigenvalue weighted by Gasteiger charge is -2.47. The molecule has 7 nitrogen and oxygen atoms in total. The van der Waals surface area contributed by atoms with Crippen LogP contribution in [0.25, 0.3) is 21.8 Å². The fourth-order valence-electron chi connectivity index (χ4n) is 5.89. The number of primary amides is 1. The van der Waals surface area contributed by atoms with Gasteiger partial charge >= 0.3 is 0 Å². The van der Waals surface area contributed by atoms with Gasteiger partial charge in [-0.15, -0.1) is 0 Å². The predicted molar refractivity (Wildman–Crippen MR) is 134 cm³/mol. The van der Waals surface area contributed by atoms with Crippen LogP contribution in [0, 0.1) is 11.2 Å². The summed E-state index contributed by atoms with van der Waals surface area (Å²) in [5.41, 5.74) is 7.78. The Morgan fingerprint density at radius 2 is 1.80 bits per heavy atom. The van der Waals surface area contributed by atoms with Crippen molar-refractivity contribution in [3.05, 3.63) is 66.1 Å². The predicted octanol–water partition coefficient (Wildman–Crippen LogP) is 4.37. The van der Waals surface area contributed by atoms with E-state index in [1.165, 1.54) is 18.3 Å². The molecule has 2 aliphatic rings. The Labute approximate surface area is 201 Å². The Bertz CT molecular complexity index is 1460. The number of halogens is 1. The van der Waals surface area contributed by atoms with Gasteiger partial charge in [0.15, 0.2) is 0 Å². The first-order valence-corrected chi connectivity index (χ1v) is 12.0. The zero-order valence-corrected chi connectivity index (χ0v) is 19.3. The van der Waals surface area contributed by atoms with Gasteiger partial charge in [-0.3, -0.25) is 9.59 Å². The molecule has 6 rings (SSSR count). The minimum absolute atomic E-state index is 0.0870. The second-order valence-electron chi connectivity index (χ2n) is 9.62. The number of para-hydroxylation sites is 1. The number of pyridine rings is 1. The lowest BCUT2D eigenvalue weighted by atomic mass is 9.72. The number of hydrogen-bond donors (Lipinski definition) is 2. The van der Waals surface area contributed by atoms with Crippen LogP contribution >= 0.6 is 0 Å². The molecular weight excluding hydrogens is 445 g/mol. The lowest BCUT2D eigenvalue weighted by Crippen LogP contribution is -2.56. The average Bonchev–Trinajstić information content (AvgIpc) is 3.26. The summed E-state index contributed by atoms with van der Waals surface area (Å²) in [6, 6.07) is 14.0. The molecule has 2 amide bonds. The highest BCUT2D eigenvalue weighted by Gasteiger charge is 2.47. The molecule has 2 aromatic carbocycles. The molecule has 0 bridgehead atoms. The molecule has 2 aliphatic heterocycles. The van der Waals surface area contributed by atoms with E-state index < -0.39 is 11.3 Å². The van der Waals surface area contributed by atoms with E-state index in [1.807, 2.05) is 24.3 Å². The van der Waals surface area contributed by atoms with Gasteiger partial charge in [-0.25, -0.2) is 9.37 Å². The molecule has 178 valence electrons. The summed E-state index contributed by atoms with van der Waals surface area (Å²) in [5, 5.41) is 1.82. The van der Waals surface area contributed by atoms with Crippen LogP contribution in [-0.4, -0.2) is 41.4 Å². The SMILES string of the molecule is NC(=O)c1cnc(N2CCCC3(CCCN(c4ccc(F)cc4)C3=O)C2)c2c1[nH]c1ccccc12. The monoisotopic (exact) mass is 471 g/mol. The van der Waals surface area contributed by atoms with Crippen molar-refractivity contribution in [2.75, 3.05) is 29.4 Å². The van der Waals surface area contributed by atoms with E-state index in [1.54, 1.807) is 17.0 Å². The number of carbonyl (C=O) groups is 2.